The second kappa shape index (κ2) is 8.44. The summed E-state index contributed by atoms with van der Waals surface area (Å²) in [5.41, 5.74) is 3.61. The van der Waals surface area contributed by atoms with E-state index >= 15 is 0 Å². The number of nitrogens with one attached hydrogen (secondary N) is 1. The van der Waals surface area contributed by atoms with Crippen molar-refractivity contribution in [3.8, 4) is 11.5 Å². The van der Waals surface area contributed by atoms with Crippen LogP contribution in [-0.2, 0) is 4.79 Å². The summed E-state index contributed by atoms with van der Waals surface area (Å²) in [4.78, 5) is 22.1. The van der Waals surface area contributed by atoms with Crippen molar-refractivity contribution >= 4 is 17.8 Å². The first-order chi connectivity index (χ1) is 12.0. The quantitative estimate of drug-likeness (QED) is 0.472. The third-order valence-electron chi connectivity index (χ3n) is 3.19. The average Bonchev–Trinajstić information content (AvgIpc) is 2.61. The summed E-state index contributed by atoms with van der Waals surface area (Å²) in [6.07, 6.45) is 1.46. The second-order valence-corrected chi connectivity index (χ2v) is 5.08. The minimum Gasteiger partial charge on any atom is -0.497 e. The first-order valence-corrected chi connectivity index (χ1v) is 7.33. The van der Waals surface area contributed by atoms with Gasteiger partial charge >= 0.3 is 5.69 Å². The van der Waals surface area contributed by atoms with Crippen LogP contribution in [0.4, 0.5) is 5.69 Å². The largest absolute Gasteiger partial charge is 0.497 e. The highest BCUT2D eigenvalue weighted by atomic mass is 16.6. The Morgan fingerprint density at radius 3 is 2.64 bits per heavy atom. The Labute approximate surface area is 144 Å². The van der Waals surface area contributed by atoms with Gasteiger partial charge in [0, 0.05) is 6.07 Å². The number of benzene rings is 2. The maximum absolute atomic E-state index is 11.7. The minimum absolute atomic E-state index is 0.0323. The predicted octanol–water partition coefficient (Wildman–Crippen LogP) is 2.44. The van der Waals surface area contributed by atoms with Crippen LogP contribution in [0, 0.1) is 17.0 Å². The van der Waals surface area contributed by atoms with Crippen molar-refractivity contribution in [3.63, 3.8) is 0 Å². The van der Waals surface area contributed by atoms with Crippen LogP contribution in [0.1, 0.15) is 11.1 Å². The third kappa shape index (κ3) is 5.31. The number of hydrogen-bond acceptors (Lipinski definition) is 6. The van der Waals surface area contributed by atoms with Gasteiger partial charge in [-0.05, 0) is 48.4 Å². The summed E-state index contributed by atoms with van der Waals surface area (Å²) in [5, 5.41) is 14.8. The highest BCUT2D eigenvalue weighted by Crippen LogP contribution is 2.27. The van der Waals surface area contributed by atoms with Crippen LogP contribution in [0.5, 0.6) is 11.5 Å². The zero-order valence-corrected chi connectivity index (χ0v) is 13.8. The Morgan fingerprint density at radius 2 is 2.00 bits per heavy atom. The number of rotatable bonds is 7. The monoisotopic (exact) mass is 343 g/mol. The van der Waals surface area contributed by atoms with E-state index in [1.807, 2.05) is 0 Å². The molecule has 0 saturated carbocycles. The fraction of sp³-hybridized carbons (Fsp3) is 0.176. The van der Waals surface area contributed by atoms with Gasteiger partial charge in [-0.1, -0.05) is 6.07 Å². The van der Waals surface area contributed by atoms with Crippen LogP contribution in [0.15, 0.2) is 47.6 Å². The normalized spacial score (nSPS) is 10.5. The Bertz CT molecular complexity index is 787. The van der Waals surface area contributed by atoms with Gasteiger partial charge in [0.1, 0.15) is 5.75 Å². The van der Waals surface area contributed by atoms with E-state index in [2.05, 4.69) is 10.5 Å². The van der Waals surface area contributed by atoms with Crippen LogP contribution in [0.2, 0.25) is 0 Å². The predicted molar refractivity (Wildman–Crippen MR) is 92.1 cm³/mol. The molecule has 130 valence electrons. The number of carbonyl (C=O) groups excluding carboxylic acids is 1. The van der Waals surface area contributed by atoms with Gasteiger partial charge in [-0.25, -0.2) is 5.43 Å². The molecule has 25 heavy (non-hydrogen) atoms. The summed E-state index contributed by atoms with van der Waals surface area (Å²) in [5.74, 6) is 0.221. The molecule has 0 heterocycles. The first-order valence-electron chi connectivity index (χ1n) is 7.33. The van der Waals surface area contributed by atoms with E-state index in [9.17, 15) is 14.9 Å². The smallest absolute Gasteiger partial charge is 0.311 e. The summed E-state index contributed by atoms with van der Waals surface area (Å²) in [6, 6.07) is 11.6. The number of nitrogens with zero attached hydrogens (tertiary/aromatic N) is 2. The fourth-order valence-corrected chi connectivity index (χ4v) is 1.94. The first kappa shape index (κ1) is 17.9. The zero-order chi connectivity index (χ0) is 18.2. The maximum Gasteiger partial charge on any atom is 0.311 e. The molecule has 8 heteroatoms. The molecule has 0 bridgehead atoms. The summed E-state index contributed by atoms with van der Waals surface area (Å²) >= 11 is 0. The lowest BCUT2D eigenvalue weighted by atomic mass is 10.2. The molecule has 0 aliphatic rings. The van der Waals surface area contributed by atoms with Gasteiger partial charge < -0.3 is 9.47 Å². The van der Waals surface area contributed by atoms with Gasteiger partial charge in [0.05, 0.1) is 18.2 Å². The molecule has 0 atom stereocenters. The van der Waals surface area contributed by atoms with Crippen molar-refractivity contribution in [2.24, 2.45) is 5.10 Å². The Balaban J connectivity index is 1.88. The van der Waals surface area contributed by atoms with Crippen molar-refractivity contribution in [2.75, 3.05) is 13.7 Å². The van der Waals surface area contributed by atoms with Gasteiger partial charge in [0.2, 0.25) is 0 Å². The summed E-state index contributed by atoms with van der Waals surface area (Å²) in [7, 11) is 1.57. The molecule has 0 fully saturated rings. The van der Waals surface area contributed by atoms with Gasteiger partial charge in [-0.15, -0.1) is 0 Å². The molecule has 8 nitrogen and oxygen atoms in total. The molecule has 0 spiro atoms. The molecule has 2 aromatic carbocycles. The molecule has 0 unspecified atom stereocenters. The highest BCUT2D eigenvalue weighted by molar-refractivity contribution is 5.83. The van der Waals surface area contributed by atoms with Crippen molar-refractivity contribution in [1.29, 1.82) is 0 Å². The Kier molecular flexibility index (Phi) is 6.05. The maximum atomic E-state index is 11.7. The van der Waals surface area contributed by atoms with Crippen molar-refractivity contribution < 1.29 is 19.2 Å². The number of ether oxygens (including phenoxy) is 2. The molecule has 0 aromatic heterocycles. The molecule has 1 amide bonds. The molecule has 0 aliphatic heterocycles. The standard InChI is InChI=1S/C17H17N3O5/c1-12-3-8-16(15(9-12)20(22)23)25-11-17(21)19-18-10-13-4-6-14(24-2)7-5-13/h3-10H,11H2,1-2H3,(H,19,21)/b18-10-. The number of hydrazone groups is 1. The molecular formula is C17H17N3O5. The molecule has 0 radical (unpaired) electrons. The van der Waals surface area contributed by atoms with Crippen molar-refractivity contribution in [1.82, 2.24) is 5.43 Å². The number of methoxy groups -OCH3 is 1. The molecule has 0 saturated heterocycles. The number of nitro benzene ring substituents is 1. The van der Waals surface area contributed by atoms with Crippen LogP contribution in [0.3, 0.4) is 0 Å². The van der Waals surface area contributed by atoms with Crippen molar-refractivity contribution in [3.05, 3.63) is 63.7 Å². The van der Waals surface area contributed by atoms with Gasteiger partial charge in [0.25, 0.3) is 5.91 Å². The average molecular weight is 343 g/mol. The van der Waals surface area contributed by atoms with E-state index in [1.54, 1.807) is 44.4 Å². The van der Waals surface area contributed by atoms with Crippen LogP contribution >= 0.6 is 0 Å². The number of nitro groups is 1. The zero-order valence-electron chi connectivity index (χ0n) is 13.8. The summed E-state index contributed by atoms with van der Waals surface area (Å²) < 4.78 is 10.2. The lowest BCUT2D eigenvalue weighted by Crippen LogP contribution is -2.24. The fourth-order valence-electron chi connectivity index (χ4n) is 1.94. The van der Waals surface area contributed by atoms with E-state index < -0.39 is 10.8 Å². The highest BCUT2D eigenvalue weighted by Gasteiger charge is 2.16. The number of hydrogen-bond donors (Lipinski definition) is 1. The Morgan fingerprint density at radius 1 is 1.28 bits per heavy atom. The van der Waals surface area contributed by atoms with Gasteiger partial charge in [-0.2, -0.15) is 5.10 Å². The number of aryl methyl sites for hydroxylation is 1. The van der Waals surface area contributed by atoms with Crippen LogP contribution in [-0.4, -0.2) is 30.8 Å². The Hall–Kier alpha value is -3.42. The molecule has 0 aliphatic carbocycles. The van der Waals surface area contributed by atoms with Gasteiger partial charge in [0.15, 0.2) is 12.4 Å². The SMILES string of the molecule is COc1ccc(/C=N\NC(=O)COc2ccc(C)cc2[N+](=O)[O-])cc1. The van der Waals surface area contributed by atoms with Crippen molar-refractivity contribution in [2.45, 2.75) is 6.92 Å². The van der Waals surface area contributed by atoms with Crippen LogP contribution in [0.25, 0.3) is 0 Å². The molecular weight excluding hydrogens is 326 g/mol. The molecule has 2 aromatic rings. The minimum atomic E-state index is -0.554. The van der Waals surface area contributed by atoms with E-state index in [0.29, 0.717) is 5.75 Å². The second-order valence-electron chi connectivity index (χ2n) is 5.08. The van der Waals surface area contributed by atoms with Gasteiger partial charge in [-0.3, -0.25) is 14.9 Å². The van der Waals surface area contributed by atoms with E-state index in [0.717, 1.165) is 11.1 Å². The topological polar surface area (TPSA) is 103 Å². The van der Waals surface area contributed by atoms with Crippen LogP contribution < -0.4 is 14.9 Å². The van der Waals surface area contributed by atoms with E-state index in [4.69, 9.17) is 9.47 Å². The molecule has 2 rings (SSSR count). The summed E-state index contributed by atoms with van der Waals surface area (Å²) in [6.45, 7) is 1.35. The lowest BCUT2D eigenvalue weighted by Gasteiger charge is -2.06. The lowest BCUT2D eigenvalue weighted by molar-refractivity contribution is -0.385. The third-order valence-corrected chi connectivity index (χ3v) is 3.19. The van der Waals surface area contributed by atoms with E-state index in [-0.39, 0.29) is 18.0 Å². The molecule has 1 N–H and O–H groups in total. The number of carbonyl (C=O) groups is 1. The number of amides is 1. The van der Waals surface area contributed by atoms with E-state index in [1.165, 1.54) is 18.3 Å².